The van der Waals surface area contributed by atoms with Crippen molar-refractivity contribution in [2.45, 2.75) is 25.2 Å². The number of aliphatic hydroxyl groups excluding tert-OH is 1. The molecule has 23 heavy (non-hydrogen) atoms. The normalized spacial score (nSPS) is 13.7. The predicted molar refractivity (Wildman–Crippen MR) is 94.2 cm³/mol. The number of benzene rings is 2. The van der Waals surface area contributed by atoms with Crippen LogP contribution in [-0.4, -0.2) is 22.6 Å². The minimum Gasteiger partial charge on any atom is -0.391 e. The lowest BCUT2D eigenvalue weighted by Gasteiger charge is -2.14. The fourth-order valence-electron chi connectivity index (χ4n) is 2.40. The SMILES string of the molecule is O=[PH](O)Cc1ccccc1C[C@@H](O)CNCc1ccc(Cl)cc1. The molecule has 1 unspecified atom stereocenters. The van der Waals surface area contributed by atoms with Gasteiger partial charge in [0.05, 0.1) is 6.10 Å². The molecule has 6 heteroatoms. The Balaban J connectivity index is 1.84. The molecule has 0 amide bonds. The Kier molecular flexibility index (Phi) is 7.28. The summed E-state index contributed by atoms with van der Waals surface area (Å²) < 4.78 is 11.1. The molecule has 0 heterocycles. The lowest BCUT2D eigenvalue weighted by atomic mass is 10.0. The van der Waals surface area contributed by atoms with Crippen molar-refractivity contribution in [1.29, 1.82) is 0 Å². The van der Waals surface area contributed by atoms with Crippen LogP contribution in [0.2, 0.25) is 5.02 Å². The Labute approximate surface area is 142 Å². The predicted octanol–water partition coefficient (Wildman–Crippen LogP) is 3.00. The molecule has 0 saturated carbocycles. The van der Waals surface area contributed by atoms with E-state index in [2.05, 4.69) is 5.32 Å². The van der Waals surface area contributed by atoms with E-state index in [9.17, 15) is 9.67 Å². The fraction of sp³-hybridized carbons (Fsp3) is 0.294. The Bertz CT molecular complexity index is 649. The van der Waals surface area contributed by atoms with Gasteiger partial charge in [-0.3, -0.25) is 4.57 Å². The molecular formula is C17H21ClNO3P. The molecule has 0 radical (unpaired) electrons. The highest BCUT2D eigenvalue weighted by molar-refractivity contribution is 7.37. The van der Waals surface area contributed by atoms with E-state index in [0.717, 1.165) is 16.7 Å². The molecule has 0 aliphatic carbocycles. The van der Waals surface area contributed by atoms with Gasteiger partial charge in [0, 0.05) is 24.3 Å². The van der Waals surface area contributed by atoms with E-state index in [1.165, 1.54) is 0 Å². The highest BCUT2D eigenvalue weighted by atomic mass is 35.5. The van der Waals surface area contributed by atoms with Gasteiger partial charge in [-0.2, -0.15) is 0 Å². The summed E-state index contributed by atoms with van der Waals surface area (Å²) in [6, 6.07) is 15.0. The second-order valence-electron chi connectivity index (χ2n) is 5.45. The minimum atomic E-state index is -2.56. The maximum absolute atomic E-state index is 11.1. The molecule has 124 valence electrons. The zero-order chi connectivity index (χ0) is 16.7. The van der Waals surface area contributed by atoms with Gasteiger partial charge >= 0.3 is 0 Å². The summed E-state index contributed by atoms with van der Waals surface area (Å²) in [5.41, 5.74) is 2.84. The topological polar surface area (TPSA) is 69.6 Å². The van der Waals surface area contributed by atoms with Crippen molar-refractivity contribution < 1.29 is 14.6 Å². The summed E-state index contributed by atoms with van der Waals surface area (Å²) in [6.45, 7) is 1.10. The van der Waals surface area contributed by atoms with Crippen LogP contribution in [0.1, 0.15) is 16.7 Å². The molecule has 0 aliphatic heterocycles. The van der Waals surface area contributed by atoms with Crippen LogP contribution in [-0.2, 0) is 23.7 Å². The van der Waals surface area contributed by atoms with Gasteiger partial charge in [-0.1, -0.05) is 48.0 Å². The molecule has 0 aliphatic rings. The minimum absolute atomic E-state index is 0.158. The largest absolute Gasteiger partial charge is 0.391 e. The third-order valence-electron chi connectivity index (χ3n) is 3.54. The standard InChI is InChI=1S/C17H21ClNO3P/c18-16-7-5-13(6-8-16)10-19-11-17(20)9-14-3-1-2-4-15(14)12-23(21)22/h1-8,17,19-20,23H,9-12H2,(H,21,22)/t17-/m1/s1. The fourth-order valence-corrected chi connectivity index (χ4v) is 3.20. The molecular weight excluding hydrogens is 333 g/mol. The molecule has 2 aromatic carbocycles. The number of rotatable bonds is 8. The summed E-state index contributed by atoms with van der Waals surface area (Å²) in [6.07, 6.45) is 0.0644. The van der Waals surface area contributed by atoms with Crippen molar-refractivity contribution in [3.05, 3.63) is 70.2 Å². The first kappa shape index (κ1) is 18.2. The first-order valence-electron chi connectivity index (χ1n) is 7.46. The van der Waals surface area contributed by atoms with Crippen LogP contribution in [0.15, 0.2) is 48.5 Å². The third kappa shape index (κ3) is 6.46. The Morgan fingerprint density at radius 3 is 2.39 bits per heavy atom. The van der Waals surface area contributed by atoms with Crippen LogP contribution in [0.25, 0.3) is 0 Å². The molecule has 0 aromatic heterocycles. The van der Waals surface area contributed by atoms with Crippen molar-refractivity contribution in [3.8, 4) is 0 Å². The van der Waals surface area contributed by atoms with Crippen LogP contribution in [0.5, 0.6) is 0 Å². The lowest BCUT2D eigenvalue weighted by molar-refractivity contribution is 0.171. The molecule has 4 nitrogen and oxygen atoms in total. The van der Waals surface area contributed by atoms with Crippen LogP contribution in [0.4, 0.5) is 0 Å². The molecule has 2 aromatic rings. The van der Waals surface area contributed by atoms with Crippen LogP contribution >= 0.6 is 19.6 Å². The Morgan fingerprint density at radius 2 is 1.74 bits per heavy atom. The molecule has 0 spiro atoms. The van der Waals surface area contributed by atoms with Gasteiger partial charge in [0.25, 0.3) is 0 Å². The number of hydrogen-bond acceptors (Lipinski definition) is 3. The monoisotopic (exact) mass is 353 g/mol. The van der Waals surface area contributed by atoms with Gasteiger partial charge in [-0.15, -0.1) is 0 Å². The maximum atomic E-state index is 11.1. The average molecular weight is 354 g/mol. The molecule has 0 bridgehead atoms. The molecule has 0 saturated heterocycles. The van der Waals surface area contributed by atoms with Gasteiger partial charge < -0.3 is 15.3 Å². The van der Waals surface area contributed by atoms with E-state index in [0.29, 0.717) is 24.5 Å². The average Bonchev–Trinajstić information content (AvgIpc) is 2.51. The van der Waals surface area contributed by atoms with Crippen molar-refractivity contribution in [1.82, 2.24) is 5.32 Å². The smallest absolute Gasteiger partial charge is 0.193 e. The Hall–Kier alpha value is -1.16. The molecule has 2 rings (SSSR count). The zero-order valence-corrected chi connectivity index (χ0v) is 14.5. The van der Waals surface area contributed by atoms with E-state index in [-0.39, 0.29) is 6.16 Å². The van der Waals surface area contributed by atoms with Crippen molar-refractivity contribution in [3.63, 3.8) is 0 Å². The second-order valence-corrected chi connectivity index (χ2v) is 7.03. The van der Waals surface area contributed by atoms with E-state index >= 15 is 0 Å². The summed E-state index contributed by atoms with van der Waals surface area (Å²) >= 11 is 5.84. The number of nitrogens with one attached hydrogen (secondary N) is 1. The van der Waals surface area contributed by atoms with Gasteiger partial charge in [-0.25, -0.2) is 0 Å². The van der Waals surface area contributed by atoms with E-state index < -0.39 is 14.1 Å². The quantitative estimate of drug-likeness (QED) is 0.638. The summed E-state index contributed by atoms with van der Waals surface area (Å²) in [4.78, 5) is 9.11. The van der Waals surface area contributed by atoms with Crippen molar-refractivity contribution >= 4 is 19.6 Å². The van der Waals surface area contributed by atoms with Crippen LogP contribution in [0, 0.1) is 0 Å². The number of halogens is 1. The highest BCUT2D eigenvalue weighted by Crippen LogP contribution is 2.24. The maximum Gasteiger partial charge on any atom is 0.193 e. The third-order valence-corrected chi connectivity index (χ3v) is 4.47. The second kappa shape index (κ2) is 9.21. The summed E-state index contributed by atoms with van der Waals surface area (Å²) in [7, 11) is -2.56. The van der Waals surface area contributed by atoms with Gasteiger partial charge in [0.1, 0.15) is 0 Å². The van der Waals surface area contributed by atoms with Crippen molar-refractivity contribution in [2.24, 2.45) is 0 Å². The molecule has 2 atom stereocenters. The summed E-state index contributed by atoms with van der Waals surface area (Å²) in [5.74, 6) is 0. The number of hydrogen-bond donors (Lipinski definition) is 3. The van der Waals surface area contributed by atoms with Crippen molar-refractivity contribution in [2.75, 3.05) is 6.54 Å². The zero-order valence-electron chi connectivity index (χ0n) is 12.7. The number of aliphatic hydroxyl groups is 1. The lowest BCUT2D eigenvalue weighted by Crippen LogP contribution is -2.28. The van der Waals surface area contributed by atoms with E-state index in [4.69, 9.17) is 16.5 Å². The van der Waals surface area contributed by atoms with Gasteiger partial charge in [0.15, 0.2) is 8.03 Å². The van der Waals surface area contributed by atoms with Crippen LogP contribution in [0.3, 0.4) is 0 Å². The van der Waals surface area contributed by atoms with E-state index in [1.54, 1.807) is 0 Å². The highest BCUT2D eigenvalue weighted by Gasteiger charge is 2.10. The first-order chi connectivity index (χ1) is 11.0. The summed E-state index contributed by atoms with van der Waals surface area (Å²) in [5, 5.41) is 14.1. The molecule has 3 N–H and O–H groups in total. The molecule has 0 fully saturated rings. The van der Waals surface area contributed by atoms with E-state index in [1.807, 2.05) is 48.5 Å². The van der Waals surface area contributed by atoms with Gasteiger partial charge in [-0.05, 0) is 35.2 Å². The van der Waals surface area contributed by atoms with Crippen LogP contribution < -0.4 is 5.32 Å². The Morgan fingerprint density at radius 1 is 1.09 bits per heavy atom. The first-order valence-corrected chi connectivity index (χ1v) is 9.40. The van der Waals surface area contributed by atoms with Gasteiger partial charge in [0.2, 0.25) is 0 Å².